The smallest absolute Gasteiger partial charge is 0.339 e. The van der Waals surface area contributed by atoms with Crippen LogP contribution < -0.4 is 4.90 Å². The number of H-pyrrole nitrogens is 1. The molecule has 156 valence electrons. The number of rotatable bonds is 4. The van der Waals surface area contributed by atoms with Gasteiger partial charge in [0.2, 0.25) is 0 Å². The monoisotopic (exact) mass is 413 g/mol. The highest BCUT2D eigenvalue weighted by Crippen LogP contribution is 2.36. The van der Waals surface area contributed by atoms with Gasteiger partial charge in [-0.05, 0) is 50.5 Å². The van der Waals surface area contributed by atoms with Gasteiger partial charge in [0.15, 0.2) is 0 Å². The van der Waals surface area contributed by atoms with Crippen LogP contribution in [0.4, 0.5) is 5.69 Å². The van der Waals surface area contributed by atoms with E-state index in [-0.39, 0.29) is 5.56 Å². The molecule has 0 spiro atoms. The van der Waals surface area contributed by atoms with Crippen molar-refractivity contribution in [1.29, 1.82) is 0 Å². The SMILES string of the molecule is Cc1cccc(-c2[nH]cnc2-c2ccc3ncc(C(=O)O)c(N4CCCCC4)c3c2)n1. The largest absolute Gasteiger partial charge is 0.478 e. The number of anilines is 1. The lowest BCUT2D eigenvalue weighted by Gasteiger charge is -2.31. The Balaban J connectivity index is 1.69. The maximum Gasteiger partial charge on any atom is 0.339 e. The molecule has 1 fully saturated rings. The molecule has 0 saturated carbocycles. The third-order valence-corrected chi connectivity index (χ3v) is 5.80. The van der Waals surface area contributed by atoms with E-state index in [0.717, 1.165) is 70.9 Å². The number of pyridine rings is 2. The molecule has 1 aliphatic heterocycles. The van der Waals surface area contributed by atoms with Gasteiger partial charge in [0.25, 0.3) is 0 Å². The molecule has 7 heteroatoms. The molecule has 0 unspecified atom stereocenters. The fraction of sp³-hybridized carbons (Fsp3) is 0.250. The molecule has 3 aromatic heterocycles. The highest BCUT2D eigenvalue weighted by molar-refractivity contribution is 6.05. The fourth-order valence-corrected chi connectivity index (χ4v) is 4.33. The Labute approximate surface area is 179 Å². The minimum atomic E-state index is -0.954. The third-order valence-electron chi connectivity index (χ3n) is 5.80. The summed E-state index contributed by atoms with van der Waals surface area (Å²) in [5.41, 5.74) is 6.05. The summed E-state index contributed by atoms with van der Waals surface area (Å²) in [5.74, 6) is -0.954. The number of fused-ring (bicyclic) bond motifs is 1. The number of carbonyl (C=O) groups is 1. The Morgan fingerprint density at radius 3 is 2.71 bits per heavy atom. The minimum Gasteiger partial charge on any atom is -0.478 e. The number of nitrogens with one attached hydrogen (secondary N) is 1. The second-order valence-electron chi connectivity index (χ2n) is 7.90. The first-order valence-corrected chi connectivity index (χ1v) is 10.5. The van der Waals surface area contributed by atoms with E-state index >= 15 is 0 Å². The summed E-state index contributed by atoms with van der Waals surface area (Å²) in [6, 6.07) is 11.8. The minimum absolute atomic E-state index is 0.245. The number of aromatic nitrogens is 4. The molecular weight excluding hydrogens is 390 g/mol. The average molecular weight is 413 g/mol. The van der Waals surface area contributed by atoms with Crippen LogP contribution in [0.15, 0.2) is 48.9 Å². The summed E-state index contributed by atoms with van der Waals surface area (Å²) in [5, 5.41) is 10.7. The number of aromatic carboxylic acids is 1. The van der Waals surface area contributed by atoms with Crippen molar-refractivity contribution >= 4 is 22.6 Å². The zero-order chi connectivity index (χ0) is 21.4. The van der Waals surface area contributed by atoms with E-state index < -0.39 is 5.97 Å². The van der Waals surface area contributed by atoms with Crippen LogP contribution in [0.1, 0.15) is 35.3 Å². The van der Waals surface area contributed by atoms with Crippen LogP contribution in [0.3, 0.4) is 0 Å². The number of nitrogens with zero attached hydrogens (tertiary/aromatic N) is 4. The van der Waals surface area contributed by atoms with Gasteiger partial charge in [-0.25, -0.2) is 9.78 Å². The Kier molecular flexibility index (Phi) is 4.86. The number of carboxylic acids is 1. The van der Waals surface area contributed by atoms with Gasteiger partial charge in [-0.2, -0.15) is 0 Å². The molecule has 0 radical (unpaired) electrons. The lowest BCUT2D eigenvalue weighted by atomic mass is 10.0. The maximum absolute atomic E-state index is 12.0. The van der Waals surface area contributed by atoms with Gasteiger partial charge in [0, 0.05) is 35.9 Å². The normalized spacial score (nSPS) is 14.2. The molecule has 0 bridgehead atoms. The maximum atomic E-state index is 12.0. The predicted octanol–water partition coefficient (Wildman–Crippen LogP) is 4.68. The standard InChI is InChI=1S/C24H23N5O2/c1-15-6-5-7-20(28-15)22-21(26-14-27-22)16-8-9-19-17(12-16)23(18(13-25-19)24(30)31)29-10-3-2-4-11-29/h5-9,12-14H,2-4,10-11H2,1H3,(H,26,27)(H,30,31). The first-order valence-electron chi connectivity index (χ1n) is 10.5. The average Bonchev–Trinajstić information content (AvgIpc) is 3.28. The van der Waals surface area contributed by atoms with Crippen LogP contribution in [0, 0.1) is 6.92 Å². The van der Waals surface area contributed by atoms with Crippen molar-refractivity contribution in [2.75, 3.05) is 18.0 Å². The first kappa shape index (κ1) is 19.2. The van der Waals surface area contributed by atoms with Gasteiger partial charge in [0.05, 0.1) is 34.6 Å². The second-order valence-corrected chi connectivity index (χ2v) is 7.90. The molecule has 1 saturated heterocycles. The molecule has 5 rings (SSSR count). The summed E-state index contributed by atoms with van der Waals surface area (Å²) >= 11 is 0. The molecule has 0 aliphatic carbocycles. The summed E-state index contributed by atoms with van der Waals surface area (Å²) in [6.45, 7) is 3.66. The van der Waals surface area contributed by atoms with E-state index in [1.807, 2.05) is 43.3 Å². The topological polar surface area (TPSA) is 95.0 Å². The lowest BCUT2D eigenvalue weighted by Crippen LogP contribution is -2.31. The Morgan fingerprint density at radius 1 is 1.10 bits per heavy atom. The Bertz CT molecular complexity index is 1270. The van der Waals surface area contributed by atoms with Crippen LogP contribution in [-0.2, 0) is 0 Å². The molecule has 2 N–H and O–H groups in total. The quantitative estimate of drug-likeness (QED) is 0.504. The molecule has 0 amide bonds. The van der Waals surface area contributed by atoms with E-state index in [0.29, 0.717) is 0 Å². The lowest BCUT2D eigenvalue weighted by molar-refractivity contribution is 0.0697. The van der Waals surface area contributed by atoms with E-state index in [1.54, 1.807) is 6.33 Å². The summed E-state index contributed by atoms with van der Waals surface area (Å²) in [4.78, 5) is 31.0. The van der Waals surface area contributed by atoms with Crippen molar-refractivity contribution in [3.63, 3.8) is 0 Å². The molecule has 0 atom stereocenters. The van der Waals surface area contributed by atoms with E-state index in [9.17, 15) is 9.90 Å². The van der Waals surface area contributed by atoms with Crippen molar-refractivity contribution in [3.8, 4) is 22.6 Å². The van der Waals surface area contributed by atoms with Crippen molar-refractivity contribution in [2.45, 2.75) is 26.2 Å². The third kappa shape index (κ3) is 3.52. The van der Waals surface area contributed by atoms with Crippen LogP contribution in [0.25, 0.3) is 33.5 Å². The van der Waals surface area contributed by atoms with Gasteiger partial charge >= 0.3 is 5.97 Å². The zero-order valence-corrected chi connectivity index (χ0v) is 17.3. The number of carboxylic acid groups (broad SMARTS) is 1. The molecule has 4 aromatic rings. The van der Waals surface area contributed by atoms with Crippen LogP contribution in [-0.4, -0.2) is 44.1 Å². The van der Waals surface area contributed by atoms with Crippen molar-refractivity contribution in [2.24, 2.45) is 0 Å². The highest BCUT2D eigenvalue weighted by atomic mass is 16.4. The Hall–Kier alpha value is -3.74. The Morgan fingerprint density at radius 2 is 1.94 bits per heavy atom. The molecule has 31 heavy (non-hydrogen) atoms. The fourth-order valence-electron chi connectivity index (χ4n) is 4.33. The molecule has 1 aliphatic rings. The summed E-state index contributed by atoms with van der Waals surface area (Å²) in [7, 11) is 0. The molecular formula is C24H23N5O2. The summed E-state index contributed by atoms with van der Waals surface area (Å²) in [6.07, 6.45) is 6.44. The van der Waals surface area contributed by atoms with Gasteiger partial charge in [0.1, 0.15) is 5.56 Å². The van der Waals surface area contributed by atoms with Gasteiger partial charge in [-0.15, -0.1) is 0 Å². The van der Waals surface area contributed by atoms with Gasteiger partial charge in [-0.3, -0.25) is 9.97 Å². The van der Waals surface area contributed by atoms with Crippen LogP contribution in [0.2, 0.25) is 0 Å². The highest BCUT2D eigenvalue weighted by Gasteiger charge is 2.22. The van der Waals surface area contributed by atoms with Crippen LogP contribution >= 0.6 is 0 Å². The number of hydrogen-bond acceptors (Lipinski definition) is 5. The van der Waals surface area contributed by atoms with Gasteiger partial charge < -0.3 is 15.0 Å². The number of aryl methyl sites for hydroxylation is 1. The van der Waals surface area contributed by atoms with Crippen molar-refractivity contribution in [1.82, 2.24) is 19.9 Å². The predicted molar refractivity (Wildman–Crippen MR) is 120 cm³/mol. The molecule has 4 heterocycles. The van der Waals surface area contributed by atoms with Crippen LogP contribution in [0.5, 0.6) is 0 Å². The second kappa shape index (κ2) is 7.83. The molecule has 1 aromatic carbocycles. The van der Waals surface area contributed by atoms with Gasteiger partial charge in [-0.1, -0.05) is 12.1 Å². The number of benzene rings is 1. The summed E-state index contributed by atoms with van der Waals surface area (Å²) < 4.78 is 0. The number of aromatic amines is 1. The number of imidazole rings is 1. The number of piperidine rings is 1. The van der Waals surface area contributed by atoms with Crippen molar-refractivity contribution < 1.29 is 9.90 Å². The number of hydrogen-bond donors (Lipinski definition) is 2. The molecule has 7 nitrogen and oxygen atoms in total. The van der Waals surface area contributed by atoms with E-state index in [2.05, 4.69) is 24.8 Å². The van der Waals surface area contributed by atoms with E-state index in [1.165, 1.54) is 12.6 Å². The van der Waals surface area contributed by atoms with E-state index in [4.69, 9.17) is 0 Å². The zero-order valence-electron chi connectivity index (χ0n) is 17.3. The van der Waals surface area contributed by atoms with Crippen molar-refractivity contribution in [3.05, 3.63) is 60.2 Å². The first-order chi connectivity index (χ1) is 15.1.